The summed E-state index contributed by atoms with van der Waals surface area (Å²) in [5.74, 6) is 0.966. The van der Waals surface area contributed by atoms with E-state index < -0.39 is 0 Å². The van der Waals surface area contributed by atoms with Crippen LogP contribution in [0.1, 0.15) is 52.2 Å². The summed E-state index contributed by atoms with van der Waals surface area (Å²) in [6.45, 7) is 13.4. The predicted octanol–water partition coefficient (Wildman–Crippen LogP) is 5.99. The van der Waals surface area contributed by atoms with Crippen LogP contribution in [-0.2, 0) is 16.8 Å². The molecule has 28 heavy (non-hydrogen) atoms. The summed E-state index contributed by atoms with van der Waals surface area (Å²) in [5, 5.41) is 0. The molecule has 0 aromatic heterocycles. The average molecular weight is 385 g/mol. The maximum absolute atomic E-state index is 6.15. The van der Waals surface area contributed by atoms with Crippen molar-refractivity contribution < 1.29 is 14.2 Å². The Morgan fingerprint density at radius 1 is 0.786 bits per heavy atom. The number of para-hydroxylation sites is 1. The maximum Gasteiger partial charge on any atom is 0.140 e. The van der Waals surface area contributed by atoms with Crippen molar-refractivity contribution in [3.8, 4) is 5.75 Å². The summed E-state index contributed by atoms with van der Waals surface area (Å²) >= 11 is 0. The Bertz CT molecular complexity index is 730. The molecule has 2 aromatic carbocycles. The molecular weight excluding hydrogens is 346 g/mol. The van der Waals surface area contributed by atoms with E-state index in [2.05, 4.69) is 91.2 Å². The highest BCUT2D eigenvalue weighted by molar-refractivity contribution is 5.39. The highest BCUT2D eigenvalue weighted by Crippen LogP contribution is 2.40. The number of rotatable bonds is 9. The molecule has 0 aliphatic carbocycles. The van der Waals surface area contributed by atoms with Gasteiger partial charge in [-0.3, -0.25) is 0 Å². The lowest BCUT2D eigenvalue weighted by atomic mass is 9.72. The lowest BCUT2D eigenvalue weighted by molar-refractivity contribution is -1.09. The van der Waals surface area contributed by atoms with Gasteiger partial charge in [0.05, 0.1) is 14.1 Å². The van der Waals surface area contributed by atoms with E-state index in [-0.39, 0.29) is 10.8 Å². The van der Waals surface area contributed by atoms with E-state index in [4.69, 9.17) is 9.57 Å². The summed E-state index contributed by atoms with van der Waals surface area (Å²) in [6.07, 6.45) is 1.10. The molecule has 2 aromatic rings. The van der Waals surface area contributed by atoms with E-state index in [1.165, 1.54) is 11.1 Å². The van der Waals surface area contributed by atoms with Gasteiger partial charge in [-0.2, -0.15) is 9.48 Å². The number of quaternary nitrogens is 1. The van der Waals surface area contributed by atoms with E-state index in [0.29, 0.717) is 17.9 Å². The van der Waals surface area contributed by atoms with Crippen LogP contribution in [0, 0.1) is 5.41 Å². The second-order valence-electron chi connectivity index (χ2n) is 10.0. The maximum atomic E-state index is 6.15. The Hall–Kier alpha value is -1.84. The van der Waals surface area contributed by atoms with Crippen molar-refractivity contribution in [1.82, 2.24) is 0 Å². The van der Waals surface area contributed by atoms with Crippen molar-refractivity contribution in [2.24, 2.45) is 5.41 Å². The molecular formula is C25H38NO2+. The van der Waals surface area contributed by atoms with Gasteiger partial charge in [-0.25, -0.2) is 0 Å². The minimum absolute atomic E-state index is 0.0539. The molecule has 0 aliphatic heterocycles. The molecule has 0 heterocycles. The largest absolute Gasteiger partial charge is 0.491 e. The van der Waals surface area contributed by atoms with Crippen molar-refractivity contribution in [1.29, 1.82) is 0 Å². The first kappa shape index (κ1) is 22.4. The third-order valence-electron chi connectivity index (χ3n) is 4.78. The van der Waals surface area contributed by atoms with E-state index in [1.54, 1.807) is 0 Å². The van der Waals surface area contributed by atoms with Gasteiger partial charge in [0.2, 0.25) is 0 Å². The fourth-order valence-corrected chi connectivity index (χ4v) is 4.08. The van der Waals surface area contributed by atoms with Gasteiger partial charge in [0, 0.05) is 5.56 Å². The molecule has 3 heteroatoms. The molecule has 0 radical (unpaired) electrons. The molecule has 0 unspecified atom stereocenters. The summed E-state index contributed by atoms with van der Waals surface area (Å²) in [7, 11) is 4.15. The van der Waals surface area contributed by atoms with Gasteiger partial charge in [-0.1, -0.05) is 83.1 Å². The van der Waals surface area contributed by atoms with Gasteiger partial charge >= 0.3 is 0 Å². The second kappa shape index (κ2) is 9.11. The minimum atomic E-state index is 0.0539. The van der Waals surface area contributed by atoms with Gasteiger partial charge in [0.25, 0.3) is 0 Å². The summed E-state index contributed by atoms with van der Waals surface area (Å²) in [6, 6.07) is 18.8. The lowest BCUT2D eigenvalue weighted by Gasteiger charge is -2.34. The lowest BCUT2D eigenvalue weighted by Crippen LogP contribution is -2.39. The Labute approximate surface area is 171 Å². The van der Waals surface area contributed by atoms with E-state index in [0.717, 1.165) is 18.7 Å². The van der Waals surface area contributed by atoms with Crippen LogP contribution in [0.3, 0.4) is 0 Å². The monoisotopic (exact) mass is 384 g/mol. The normalized spacial score (nSPS) is 12.8. The van der Waals surface area contributed by atoms with Crippen molar-refractivity contribution in [3.63, 3.8) is 0 Å². The van der Waals surface area contributed by atoms with Crippen LogP contribution in [0.4, 0.5) is 0 Å². The Morgan fingerprint density at radius 3 is 2.04 bits per heavy atom. The van der Waals surface area contributed by atoms with Crippen molar-refractivity contribution >= 4 is 0 Å². The van der Waals surface area contributed by atoms with Crippen LogP contribution >= 0.6 is 0 Å². The van der Waals surface area contributed by atoms with Crippen LogP contribution < -0.4 is 4.74 Å². The molecule has 0 atom stereocenters. The van der Waals surface area contributed by atoms with Gasteiger partial charge in [-0.15, -0.1) is 0 Å². The molecule has 2 rings (SSSR count). The topological polar surface area (TPSA) is 18.5 Å². The highest BCUT2D eigenvalue weighted by atomic mass is 16.7. The van der Waals surface area contributed by atoms with E-state index in [1.807, 2.05) is 12.1 Å². The number of hydrogen-bond acceptors (Lipinski definition) is 2. The molecule has 0 fully saturated rings. The second-order valence-corrected chi connectivity index (χ2v) is 10.0. The summed E-state index contributed by atoms with van der Waals surface area (Å²) in [4.78, 5) is 6.07. The number of nitrogens with zero attached hydrogens (tertiary/aromatic N) is 1. The van der Waals surface area contributed by atoms with Crippen LogP contribution in [0.5, 0.6) is 5.75 Å². The van der Waals surface area contributed by atoms with Crippen LogP contribution in [0.25, 0.3) is 0 Å². The van der Waals surface area contributed by atoms with Crippen molar-refractivity contribution in [2.75, 3.05) is 27.3 Å². The quantitative estimate of drug-likeness (QED) is 0.300. The molecule has 0 spiro atoms. The summed E-state index contributed by atoms with van der Waals surface area (Å²) in [5.41, 5.74) is 2.85. The Morgan fingerprint density at radius 2 is 1.39 bits per heavy atom. The third kappa shape index (κ3) is 7.29. The standard InChI is InChI=1S/C25H38NO2/c1-24(2,3)20-25(4,5)22-15-11-12-16-23(22)27-17-18-28-26(6,7)19-21-13-9-8-10-14-21/h8-16H,17-20H2,1-7H3/q+1. The smallest absolute Gasteiger partial charge is 0.140 e. The van der Waals surface area contributed by atoms with Gasteiger partial charge in [0.1, 0.15) is 25.5 Å². The fraction of sp³-hybridized carbons (Fsp3) is 0.520. The predicted molar refractivity (Wildman–Crippen MR) is 117 cm³/mol. The fourth-order valence-electron chi connectivity index (χ4n) is 4.08. The van der Waals surface area contributed by atoms with Gasteiger partial charge in [-0.05, 0) is 28.9 Å². The van der Waals surface area contributed by atoms with Gasteiger partial charge < -0.3 is 4.74 Å². The molecule has 0 aliphatic rings. The number of hydrogen-bond donors (Lipinski definition) is 0. The molecule has 0 saturated heterocycles. The third-order valence-corrected chi connectivity index (χ3v) is 4.78. The number of ether oxygens (including phenoxy) is 1. The first-order chi connectivity index (χ1) is 13.0. The molecule has 0 amide bonds. The first-order valence-electron chi connectivity index (χ1n) is 10.2. The Balaban J connectivity index is 1.93. The first-order valence-corrected chi connectivity index (χ1v) is 10.2. The molecule has 0 saturated carbocycles. The van der Waals surface area contributed by atoms with Crippen molar-refractivity contribution in [3.05, 3.63) is 65.7 Å². The zero-order chi connectivity index (χ0) is 20.8. The number of benzene rings is 2. The zero-order valence-corrected chi connectivity index (χ0v) is 18.8. The Kier molecular flexibility index (Phi) is 7.30. The zero-order valence-electron chi connectivity index (χ0n) is 18.8. The van der Waals surface area contributed by atoms with Crippen molar-refractivity contribution in [2.45, 2.75) is 53.0 Å². The van der Waals surface area contributed by atoms with E-state index in [9.17, 15) is 0 Å². The van der Waals surface area contributed by atoms with Gasteiger partial charge in [0.15, 0.2) is 0 Å². The molecule has 0 N–H and O–H groups in total. The molecule has 154 valence electrons. The van der Waals surface area contributed by atoms with Crippen LogP contribution in [-0.4, -0.2) is 32.0 Å². The number of hydroxylamine groups is 3. The van der Waals surface area contributed by atoms with Crippen LogP contribution in [0.2, 0.25) is 0 Å². The van der Waals surface area contributed by atoms with Crippen LogP contribution in [0.15, 0.2) is 54.6 Å². The molecule has 0 bridgehead atoms. The highest BCUT2D eigenvalue weighted by Gasteiger charge is 2.29. The average Bonchev–Trinajstić information content (AvgIpc) is 2.57. The minimum Gasteiger partial charge on any atom is -0.491 e. The molecule has 3 nitrogen and oxygen atoms in total. The summed E-state index contributed by atoms with van der Waals surface area (Å²) < 4.78 is 6.63. The SMILES string of the molecule is CC(C)(C)CC(C)(C)c1ccccc1OCCO[N+](C)(C)Cc1ccccc1. The van der Waals surface area contributed by atoms with E-state index >= 15 is 0 Å².